The van der Waals surface area contributed by atoms with Crippen molar-refractivity contribution in [2.75, 3.05) is 0 Å². The molecule has 6 aromatic carbocycles. The van der Waals surface area contributed by atoms with Crippen molar-refractivity contribution < 1.29 is 17.1 Å². The Morgan fingerprint density at radius 3 is 0.649 bits per heavy atom. The molecule has 0 saturated carbocycles. The minimum absolute atomic E-state index is 0. The summed E-state index contributed by atoms with van der Waals surface area (Å²) in [5, 5.41) is 4.56. The van der Waals surface area contributed by atoms with Gasteiger partial charge in [0.05, 0.1) is 22.1 Å². The average molecular weight is 784 g/mol. The maximum Gasteiger partial charge on any atom is 1.00 e. The maximum absolute atomic E-state index is 4.90. The van der Waals surface area contributed by atoms with E-state index in [-0.39, 0.29) is 17.1 Å². The molecule has 57 heavy (non-hydrogen) atoms. The van der Waals surface area contributed by atoms with Gasteiger partial charge in [-0.05, 0) is 96.5 Å². The standard InChI is InChI=1S/2C26H20N2.Cu/c2*1-17-15-23(19-9-5-3-6-10-19)21-13-14-22-24(20-11-7-4-8-12-20)16-18(2)28-26(22)25(21)27-17;/h2*3-16H,1-2H3;/q;;+1. The largest absolute Gasteiger partial charge is 1.00 e. The Balaban J connectivity index is 0.000000157. The van der Waals surface area contributed by atoms with Crippen molar-refractivity contribution in [2.24, 2.45) is 0 Å². The van der Waals surface area contributed by atoms with Crippen molar-refractivity contribution in [3.05, 3.63) is 193 Å². The van der Waals surface area contributed by atoms with E-state index in [1.807, 2.05) is 24.3 Å². The zero-order chi connectivity index (χ0) is 38.2. The first kappa shape index (κ1) is 37.4. The first-order valence-corrected chi connectivity index (χ1v) is 19.1. The molecular formula is C52H40CuN4+. The molecule has 0 atom stereocenters. The summed E-state index contributed by atoms with van der Waals surface area (Å²) in [7, 11) is 0. The number of fused-ring (bicyclic) bond motifs is 6. The Hall–Kier alpha value is -6.52. The Bertz CT molecular complexity index is 2620. The van der Waals surface area contributed by atoms with E-state index in [1.54, 1.807) is 0 Å². The Morgan fingerprint density at radius 2 is 0.456 bits per heavy atom. The van der Waals surface area contributed by atoms with Crippen molar-refractivity contribution in [2.45, 2.75) is 27.7 Å². The van der Waals surface area contributed by atoms with Crippen LogP contribution in [0, 0.1) is 27.7 Å². The molecule has 10 aromatic rings. The van der Waals surface area contributed by atoms with Crippen molar-refractivity contribution in [1.82, 2.24) is 19.9 Å². The molecule has 0 saturated heterocycles. The minimum atomic E-state index is 0. The minimum Gasteiger partial charge on any atom is -0.251 e. The zero-order valence-corrected chi connectivity index (χ0v) is 33.2. The number of aromatic nitrogens is 4. The summed E-state index contributed by atoms with van der Waals surface area (Å²) in [4.78, 5) is 19.6. The smallest absolute Gasteiger partial charge is 0.251 e. The van der Waals surface area contributed by atoms with Crippen molar-refractivity contribution in [1.29, 1.82) is 0 Å². The van der Waals surface area contributed by atoms with Gasteiger partial charge in [0.1, 0.15) is 0 Å². The molecule has 278 valence electrons. The fourth-order valence-electron chi connectivity index (χ4n) is 7.89. The van der Waals surface area contributed by atoms with Gasteiger partial charge in [0.2, 0.25) is 0 Å². The molecule has 0 bridgehead atoms. The molecule has 0 fully saturated rings. The van der Waals surface area contributed by atoms with Crippen LogP contribution in [-0.4, -0.2) is 19.9 Å². The fourth-order valence-corrected chi connectivity index (χ4v) is 7.89. The number of pyridine rings is 4. The van der Waals surface area contributed by atoms with Gasteiger partial charge < -0.3 is 0 Å². The molecule has 5 heteroatoms. The number of hydrogen-bond donors (Lipinski definition) is 0. The van der Waals surface area contributed by atoms with E-state index in [2.05, 4.69) is 173 Å². The van der Waals surface area contributed by atoms with Crippen molar-refractivity contribution in [3.63, 3.8) is 0 Å². The van der Waals surface area contributed by atoms with E-state index < -0.39 is 0 Å². The first-order valence-electron chi connectivity index (χ1n) is 19.1. The second-order valence-electron chi connectivity index (χ2n) is 14.4. The van der Waals surface area contributed by atoms with Crippen LogP contribution in [0.5, 0.6) is 0 Å². The Kier molecular flexibility index (Phi) is 10.4. The summed E-state index contributed by atoms with van der Waals surface area (Å²) in [5.74, 6) is 0. The summed E-state index contributed by atoms with van der Waals surface area (Å²) >= 11 is 0. The molecule has 0 radical (unpaired) electrons. The van der Waals surface area contributed by atoms with Crippen LogP contribution in [0.25, 0.3) is 88.1 Å². The number of nitrogens with zero attached hydrogens (tertiary/aromatic N) is 4. The van der Waals surface area contributed by atoms with E-state index in [9.17, 15) is 0 Å². The second kappa shape index (κ2) is 15.9. The predicted octanol–water partition coefficient (Wildman–Crippen LogP) is 13.5. The van der Waals surface area contributed by atoms with Crippen LogP contribution in [0.4, 0.5) is 0 Å². The van der Waals surface area contributed by atoms with Gasteiger partial charge in [-0.3, -0.25) is 19.9 Å². The number of rotatable bonds is 4. The van der Waals surface area contributed by atoms with Gasteiger partial charge in [0.25, 0.3) is 0 Å². The molecular weight excluding hydrogens is 744 g/mol. The average Bonchev–Trinajstić information content (AvgIpc) is 3.24. The van der Waals surface area contributed by atoms with Gasteiger partial charge in [-0.2, -0.15) is 0 Å². The van der Waals surface area contributed by atoms with Gasteiger partial charge in [0.15, 0.2) is 0 Å². The van der Waals surface area contributed by atoms with Crippen LogP contribution in [0.15, 0.2) is 170 Å². The third-order valence-corrected chi connectivity index (χ3v) is 10.4. The molecule has 0 spiro atoms. The Labute approximate surface area is 343 Å². The number of aryl methyl sites for hydroxylation is 4. The van der Waals surface area contributed by atoms with Gasteiger partial charge in [-0.15, -0.1) is 0 Å². The van der Waals surface area contributed by atoms with Gasteiger partial charge in [-0.25, -0.2) is 0 Å². The van der Waals surface area contributed by atoms with Crippen LogP contribution in [0.3, 0.4) is 0 Å². The molecule has 0 aliphatic carbocycles. The fraction of sp³-hybridized carbons (Fsp3) is 0.0769. The van der Waals surface area contributed by atoms with E-state index in [1.165, 1.54) is 44.5 Å². The normalized spacial score (nSPS) is 11.0. The molecule has 0 aliphatic rings. The second-order valence-corrected chi connectivity index (χ2v) is 14.4. The van der Waals surface area contributed by atoms with Crippen LogP contribution in [0.1, 0.15) is 22.8 Å². The van der Waals surface area contributed by atoms with Crippen LogP contribution < -0.4 is 0 Å². The van der Waals surface area contributed by atoms with Gasteiger partial charge in [0, 0.05) is 44.3 Å². The summed E-state index contributed by atoms with van der Waals surface area (Å²) in [5.41, 5.74) is 17.5. The number of hydrogen-bond acceptors (Lipinski definition) is 4. The molecule has 0 N–H and O–H groups in total. The summed E-state index contributed by atoms with van der Waals surface area (Å²) in [6.45, 7) is 8.22. The topological polar surface area (TPSA) is 51.6 Å². The van der Waals surface area contributed by atoms with Crippen LogP contribution in [0.2, 0.25) is 0 Å². The maximum atomic E-state index is 4.90. The molecule has 0 unspecified atom stereocenters. The van der Waals surface area contributed by atoms with Gasteiger partial charge >= 0.3 is 17.1 Å². The van der Waals surface area contributed by atoms with Crippen LogP contribution in [-0.2, 0) is 17.1 Å². The summed E-state index contributed by atoms with van der Waals surface area (Å²) < 4.78 is 0. The zero-order valence-electron chi connectivity index (χ0n) is 32.3. The molecule has 0 aliphatic heterocycles. The Morgan fingerprint density at radius 1 is 0.263 bits per heavy atom. The van der Waals surface area contributed by atoms with Crippen molar-refractivity contribution in [3.8, 4) is 44.5 Å². The third-order valence-electron chi connectivity index (χ3n) is 10.4. The van der Waals surface area contributed by atoms with E-state index in [0.29, 0.717) is 0 Å². The summed E-state index contributed by atoms with van der Waals surface area (Å²) in [6.07, 6.45) is 0. The quantitative estimate of drug-likeness (QED) is 0.132. The van der Waals surface area contributed by atoms with E-state index in [4.69, 9.17) is 19.9 Å². The SMILES string of the molecule is Cc1cc(-c2ccccc2)c2ccc3c(-c4ccccc4)cc(C)nc3c2n1.Cc1cc(-c2ccccc2)c2ccc3c(-c4ccccc4)cc(C)nc3c2n1.[Cu+]. The summed E-state index contributed by atoms with van der Waals surface area (Å²) in [6, 6.07) is 59.4. The predicted molar refractivity (Wildman–Crippen MR) is 235 cm³/mol. The molecule has 4 heterocycles. The molecule has 0 amide bonds. The molecule has 4 aromatic heterocycles. The third kappa shape index (κ3) is 7.32. The van der Waals surface area contributed by atoms with Crippen LogP contribution >= 0.6 is 0 Å². The molecule has 4 nitrogen and oxygen atoms in total. The first-order chi connectivity index (χ1) is 27.4. The van der Waals surface area contributed by atoms with E-state index in [0.717, 1.165) is 66.4 Å². The molecule has 10 rings (SSSR count). The van der Waals surface area contributed by atoms with Gasteiger partial charge in [-0.1, -0.05) is 146 Å². The monoisotopic (exact) mass is 783 g/mol. The van der Waals surface area contributed by atoms with E-state index >= 15 is 0 Å². The number of benzene rings is 6. The van der Waals surface area contributed by atoms with Crippen molar-refractivity contribution >= 4 is 43.6 Å².